The summed E-state index contributed by atoms with van der Waals surface area (Å²) >= 11 is 9.60. The summed E-state index contributed by atoms with van der Waals surface area (Å²) < 4.78 is 14.0. The molecule has 0 aliphatic carbocycles. The minimum Gasteiger partial charge on any atom is -0.350 e. The molecule has 1 aromatic heterocycles. The maximum atomic E-state index is 13.2. The van der Waals surface area contributed by atoms with Crippen LogP contribution >= 0.6 is 27.5 Å². The Bertz CT molecular complexity index is 1010. The van der Waals surface area contributed by atoms with Gasteiger partial charge in [0.25, 0.3) is 5.91 Å². The summed E-state index contributed by atoms with van der Waals surface area (Å²) in [6.07, 6.45) is 0. The summed E-state index contributed by atoms with van der Waals surface area (Å²) in [5.41, 5.74) is 2.49. The van der Waals surface area contributed by atoms with E-state index in [4.69, 9.17) is 11.6 Å². The lowest BCUT2D eigenvalue weighted by Crippen LogP contribution is -2.57. The van der Waals surface area contributed by atoms with Crippen molar-refractivity contribution in [3.05, 3.63) is 69.0 Å². The van der Waals surface area contributed by atoms with Crippen LogP contribution in [0.15, 0.2) is 46.9 Å². The number of rotatable bonds is 3. The van der Waals surface area contributed by atoms with Gasteiger partial charge in [0.1, 0.15) is 11.5 Å². The number of aromatic nitrogens is 1. The number of piperazine rings is 1. The Morgan fingerprint density at radius 2 is 1.90 bits per heavy atom. The van der Waals surface area contributed by atoms with Crippen molar-refractivity contribution in [2.24, 2.45) is 0 Å². The van der Waals surface area contributed by atoms with Crippen LogP contribution in [-0.2, 0) is 6.54 Å². The molecule has 0 spiro atoms. The van der Waals surface area contributed by atoms with Crippen LogP contribution in [-0.4, -0.2) is 45.9 Å². The Morgan fingerprint density at radius 3 is 2.62 bits per heavy atom. The summed E-state index contributed by atoms with van der Waals surface area (Å²) in [5, 5.41) is 1.55. The second-order valence-electron chi connectivity index (χ2n) is 7.75. The molecule has 2 unspecified atom stereocenters. The molecule has 3 aromatic rings. The van der Waals surface area contributed by atoms with E-state index in [1.165, 1.54) is 12.1 Å². The van der Waals surface area contributed by atoms with Gasteiger partial charge in [0.2, 0.25) is 0 Å². The quantitative estimate of drug-likeness (QED) is 0.543. The second kappa shape index (κ2) is 8.09. The van der Waals surface area contributed by atoms with Crippen molar-refractivity contribution in [1.29, 1.82) is 0 Å². The number of benzene rings is 2. The lowest BCUT2D eigenvalue weighted by atomic mass is 10.1. The largest absolute Gasteiger partial charge is 0.350 e. The van der Waals surface area contributed by atoms with E-state index in [0.29, 0.717) is 17.3 Å². The van der Waals surface area contributed by atoms with E-state index in [1.807, 2.05) is 35.2 Å². The Balaban J connectivity index is 1.49. The van der Waals surface area contributed by atoms with Crippen molar-refractivity contribution < 1.29 is 9.18 Å². The van der Waals surface area contributed by atoms with Gasteiger partial charge in [0.05, 0.1) is 5.02 Å². The molecule has 0 saturated carbocycles. The van der Waals surface area contributed by atoms with Crippen molar-refractivity contribution in [3.8, 4) is 0 Å². The molecule has 2 aromatic carbocycles. The molecule has 0 bridgehead atoms. The number of halogens is 3. The van der Waals surface area contributed by atoms with E-state index in [2.05, 4.69) is 39.7 Å². The fourth-order valence-corrected chi connectivity index (χ4v) is 4.45. The molecule has 1 aliphatic heterocycles. The summed E-state index contributed by atoms with van der Waals surface area (Å²) in [4.78, 5) is 20.7. The zero-order valence-corrected chi connectivity index (χ0v) is 18.6. The lowest BCUT2D eigenvalue weighted by molar-refractivity contribution is 0.0287. The smallest absolute Gasteiger partial charge is 0.270 e. The topological polar surface area (TPSA) is 39.3 Å². The molecule has 0 radical (unpaired) electrons. The van der Waals surface area contributed by atoms with Gasteiger partial charge in [-0.1, -0.05) is 23.7 Å². The van der Waals surface area contributed by atoms with Gasteiger partial charge in [-0.3, -0.25) is 9.69 Å². The van der Waals surface area contributed by atoms with E-state index in [-0.39, 0.29) is 23.8 Å². The molecule has 1 saturated heterocycles. The van der Waals surface area contributed by atoms with Crippen molar-refractivity contribution in [3.63, 3.8) is 0 Å². The number of hydrogen-bond donors (Lipinski definition) is 1. The Morgan fingerprint density at radius 1 is 1.17 bits per heavy atom. The summed E-state index contributed by atoms with van der Waals surface area (Å²) in [5.74, 6) is -0.230. The number of carbonyl (C=O) groups excluding carboxylic acids is 1. The van der Waals surface area contributed by atoms with Crippen LogP contribution in [0.4, 0.5) is 4.39 Å². The standard InChI is InChI=1S/C22H22BrClFN3O/c1-13-11-28(14(2)10-27(13)12-15-3-5-17(25)6-4-15)22(29)21-8-16-7-18(23)19(24)9-20(16)26-21/h3-9,13-14,26H,10-12H2,1-2H3. The minimum atomic E-state index is -0.225. The summed E-state index contributed by atoms with van der Waals surface area (Å²) in [6.45, 7) is 6.34. The molecule has 4 nitrogen and oxygen atoms in total. The number of carbonyl (C=O) groups is 1. The van der Waals surface area contributed by atoms with Gasteiger partial charge in [-0.25, -0.2) is 4.39 Å². The average Bonchev–Trinajstić information content (AvgIpc) is 3.08. The van der Waals surface area contributed by atoms with Crippen LogP contribution in [0.5, 0.6) is 0 Å². The first-order valence-corrected chi connectivity index (χ1v) is 10.8. The van der Waals surface area contributed by atoms with Crippen molar-refractivity contribution >= 4 is 44.3 Å². The highest BCUT2D eigenvalue weighted by Crippen LogP contribution is 2.29. The SMILES string of the molecule is CC1CN(C(=O)c2cc3cc(Br)c(Cl)cc3[nH]2)C(C)CN1Cc1ccc(F)cc1. The number of nitrogens with one attached hydrogen (secondary N) is 1. The van der Waals surface area contributed by atoms with E-state index < -0.39 is 0 Å². The van der Waals surface area contributed by atoms with Gasteiger partial charge >= 0.3 is 0 Å². The molecule has 29 heavy (non-hydrogen) atoms. The molecule has 152 valence electrons. The highest BCUT2D eigenvalue weighted by atomic mass is 79.9. The Kier molecular flexibility index (Phi) is 5.69. The van der Waals surface area contributed by atoms with Crippen LogP contribution in [0.2, 0.25) is 5.02 Å². The van der Waals surface area contributed by atoms with Crippen molar-refractivity contribution in [2.75, 3.05) is 13.1 Å². The first-order valence-electron chi connectivity index (χ1n) is 9.59. The van der Waals surface area contributed by atoms with E-state index in [0.717, 1.165) is 34.0 Å². The zero-order chi connectivity index (χ0) is 20.7. The van der Waals surface area contributed by atoms with Gasteiger partial charge in [-0.05, 0) is 65.7 Å². The second-order valence-corrected chi connectivity index (χ2v) is 9.01. The Labute approximate surface area is 182 Å². The lowest BCUT2D eigenvalue weighted by Gasteiger charge is -2.44. The van der Waals surface area contributed by atoms with Gasteiger partial charge in [-0.15, -0.1) is 0 Å². The maximum absolute atomic E-state index is 13.2. The normalized spacial score (nSPS) is 20.4. The Hall–Kier alpha value is -1.89. The van der Waals surface area contributed by atoms with Crippen LogP contribution < -0.4 is 0 Å². The average molecular weight is 479 g/mol. The molecule has 1 fully saturated rings. The molecule has 1 amide bonds. The highest BCUT2D eigenvalue weighted by Gasteiger charge is 2.33. The molecule has 1 N–H and O–H groups in total. The van der Waals surface area contributed by atoms with Crippen LogP contribution in [0.3, 0.4) is 0 Å². The minimum absolute atomic E-state index is 0.00535. The van der Waals surface area contributed by atoms with Crippen molar-refractivity contribution in [2.45, 2.75) is 32.5 Å². The fourth-order valence-electron chi connectivity index (χ4n) is 3.92. The van der Waals surface area contributed by atoms with Gasteiger partial charge in [0.15, 0.2) is 0 Å². The number of H-pyrrole nitrogens is 1. The van der Waals surface area contributed by atoms with Gasteiger partial charge < -0.3 is 9.88 Å². The third kappa shape index (κ3) is 4.20. The molecular formula is C22H22BrClFN3O. The molecule has 7 heteroatoms. The van der Waals surface area contributed by atoms with Crippen LogP contribution in [0.25, 0.3) is 10.9 Å². The highest BCUT2D eigenvalue weighted by molar-refractivity contribution is 9.10. The van der Waals surface area contributed by atoms with E-state index in [9.17, 15) is 9.18 Å². The molecular weight excluding hydrogens is 457 g/mol. The third-order valence-electron chi connectivity index (χ3n) is 5.57. The molecule has 2 heterocycles. The van der Waals surface area contributed by atoms with Crippen LogP contribution in [0, 0.1) is 5.82 Å². The number of hydrogen-bond acceptors (Lipinski definition) is 2. The number of aromatic amines is 1. The first-order chi connectivity index (χ1) is 13.8. The maximum Gasteiger partial charge on any atom is 0.270 e. The van der Waals surface area contributed by atoms with Crippen molar-refractivity contribution in [1.82, 2.24) is 14.8 Å². The first kappa shape index (κ1) is 20.4. The number of fused-ring (bicyclic) bond motifs is 1. The van der Waals surface area contributed by atoms with Crippen LogP contribution in [0.1, 0.15) is 29.9 Å². The van der Waals surface area contributed by atoms with Gasteiger partial charge in [-0.2, -0.15) is 0 Å². The zero-order valence-electron chi connectivity index (χ0n) is 16.3. The summed E-state index contributed by atoms with van der Waals surface area (Å²) in [6, 6.07) is 12.5. The van der Waals surface area contributed by atoms with Gasteiger partial charge in [0, 0.05) is 47.1 Å². The predicted molar refractivity (Wildman–Crippen MR) is 118 cm³/mol. The molecule has 4 rings (SSSR count). The molecule has 1 aliphatic rings. The number of amides is 1. The van der Waals surface area contributed by atoms with E-state index in [1.54, 1.807) is 0 Å². The third-order valence-corrected chi connectivity index (χ3v) is 6.76. The van der Waals surface area contributed by atoms with E-state index >= 15 is 0 Å². The monoisotopic (exact) mass is 477 g/mol. The fraction of sp³-hybridized carbons (Fsp3) is 0.318. The molecule has 2 atom stereocenters. The summed E-state index contributed by atoms with van der Waals surface area (Å²) in [7, 11) is 0. The predicted octanol–water partition coefficient (Wildman–Crippen LogP) is 5.46. The number of nitrogens with zero attached hydrogens (tertiary/aromatic N) is 2.